The van der Waals surface area contributed by atoms with Gasteiger partial charge in [-0.25, -0.2) is 0 Å². The van der Waals surface area contributed by atoms with E-state index in [-0.39, 0.29) is 17.3 Å². The Labute approximate surface area is 267 Å². The third kappa shape index (κ3) is 7.90. The second-order valence-electron chi connectivity index (χ2n) is 15.5. The van der Waals surface area contributed by atoms with Crippen molar-refractivity contribution in [2.45, 2.75) is 160 Å². The molecule has 8 heteroatoms. The highest BCUT2D eigenvalue weighted by Gasteiger charge is 2.64. The van der Waals surface area contributed by atoms with E-state index < -0.39 is 24.1 Å². The van der Waals surface area contributed by atoms with Gasteiger partial charge in [-0.15, -0.1) is 0 Å². The van der Waals surface area contributed by atoms with Crippen molar-refractivity contribution in [1.29, 1.82) is 0 Å². The van der Waals surface area contributed by atoms with Gasteiger partial charge in [0.15, 0.2) is 5.78 Å². The Bertz CT molecular complexity index is 994. The highest BCUT2D eigenvalue weighted by Crippen LogP contribution is 2.69. The van der Waals surface area contributed by atoms with Gasteiger partial charge < -0.3 is 5.11 Å². The first-order chi connectivity index (χ1) is 20.6. The SMILES string of the molecule is CC1(O)CC[C@H]2[C@@H]3C(CCCCCCCCCCCSCCCC(F)(F)C(F)(F)F)CC4=CC(=O)CC[C@]4(C)[C@@H]3CC[C@@]21C. The summed E-state index contributed by atoms with van der Waals surface area (Å²) in [6, 6.07) is 0. The number of carbonyl (C=O) groups excluding carboxylic acids is 1. The van der Waals surface area contributed by atoms with E-state index in [2.05, 4.69) is 20.8 Å². The number of carbonyl (C=O) groups is 1. The molecule has 0 bridgehead atoms. The van der Waals surface area contributed by atoms with Crippen LogP contribution in [0.1, 0.15) is 143 Å². The maximum Gasteiger partial charge on any atom is 0.453 e. The van der Waals surface area contributed by atoms with Crippen LogP contribution in [0.4, 0.5) is 22.0 Å². The summed E-state index contributed by atoms with van der Waals surface area (Å²) in [5.41, 5.74) is 1.00. The number of aliphatic hydroxyl groups is 1. The zero-order chi connectivity index (χ0) is 32.2. The third-order valence-corrected chi connectivity index (χ3v) is 13.9. The molecule has 0 aromatic heterocycles. The van der Waals surface area contributed by atoms with Crippen LogP contribution in [0.5, 0.6) is 0 Å². The minimum absolute atomic E-state index is 0.00152. The topological polar surface area (TPSA) is 37.3 Å². The molecule has 0 amide bonds. The maximum absolute atomic E-state index is 12.9. The number of ketones is 1. The van der Waals surface area contributed by atoms with E-state index in [1.54, 1.807) is 0 Å². The van der Waals surface area contributed by atoms with Crippen LogP contribution in [-0.2, 0) is 4.79 Å². The largest absolute Gasteiger partial charge is 0.453 e. The number of thioether (sulfide) groups is 1. The van der Waals surface area contributed by atoms with E-state index in [9.17, 15) is 31.9 Å². The fraction of sp³-hybridized carbons (Fsp3) is 0.917. The van der Waals surface area contributed by atoms with Gasteiger partial charge in [-0.2, -0.15) is 33.7 Å². The lowest BCUT2D eigenvalue weighted by Crippen LogP contribution is -2.56. The molecule has 4 aliphatic carbocycles. The molecule has 0 saturated heterocycles. The van der Waals surface area contributed by atoms with Crippen molar-refractivity contribution in [1.82, 2.24) is 0 Å². The lowest BCUT2D eigenvalue weighted by atomic mass is 9.44. The second-order valence-corrected chi connectivity index (χ2v) is 16.7. The number of allylic oxidation sites excluding steroid dienone is 1. The molecule has 7 atom stereocenters. The molecule has 3 fully saturated rings. The van der Waals surface area contributed by atoms with Crippen molar-refractivity contribution in [3.8, 4) is 0 Å². The van der Waals surface area contributed by atoms with Gasteiger partial charge in [0.25, 0.3) is 0 Å². The summed E-state index contributed by atoms with van der Waals surface area (Å²) in [5.74, 6) is -0.615. The molecule has 0 heterocycles. The molecule has 4 aliphatic rings. The molecule has 0 aromatic rings. The number of rotatable bonds is 16. The summed E-state index contributed by atoms with van der Waals surface area (Å²) in [4.78, 5) is 12.4. The van der Waals surface area contributed by atoms with Crippen LogP contribution in [0, 0.1) is 34.5 Å². The van der Waals surface area contributed by atoms with Gasteiger partial charge in [0, 0.05) is 12.8 Å². The zero-order valence-electron chi connectivity index (χ0n) is 27.4. The Morgan fingerprint density at radius 3 is 2.07 bits per heavy atom. The van der Waals surface area contributed by atoms with E-state index in [4.69, 9.17) is 0 Å². The van der Waals surface area contributed by atoms with Crippen LogP contribution in [0.25, 0.3) is 0 Å². The van der Waals surface area contributed by atoms with Gasteiger partial charge in [-0.05, 0) is 117 Å². The fourth-order valence-corrected chi connectivity index (χ4v) is 10.7. The summed E-state index contributed by atoms with van der Waals surface area (Å²) in [5, 5.41) is 11.4. The van der Waals surface area contributed by atoms with Crippen molar-refractivity contribution >= 4 is 17.5 Å². The molecule has 1 N–H and O–H groups in total. The quantitative estimate of drug-likeness (QED) is 0.134. The molecule has 0 spiro atoms. The van der Waals surface area contributed by atoms with Crippen LogP contribution in [0.15, 0.2) is 11.6 Å². The molecule has 0 aromatic carbocycles. The lowest BCUT2D eigenvalue weighted by Gasteiger charge is -2.61. The first-order valence-corrected chi connectivity index (χ1v) is 18.8. The molecule has 3 saturated carbocycles. The third-order valence-electron chi connectivity index (χ3n) is 12.8. The fourth-order valence-electron chi connectivity index (χ4n) is 9.73. The first kappa shape index (κ1) is 36.2. The van der Waals surface area contributed by atoms with E-state index in [0.717, 1.165) is 57.1 Å². The molecule has 2 unspecified atom stereocenters. The average molecular weight is 649 g/mol. The molecule has 0 radical (unpaired) electrons. The Balaban J connectivity index is 1.12. The van der Waals surface area contributed by atoms with Crippen LogP contribution in [0.2, 0.25) is 0 Å². The molecule has 44 heavy (non-hydrogen) atoms. The van der Waals surface area contributed by atoms with Crippen LogP contribution >= 0.6 is 11.8 Å². The molecule has 0 aliphatic heterocycles. The van der Waals surface area contributed by atoms with Crippen molar-refractivity contribution in [2.24, 2.45) is 34.5 Å². The first-order valence-electron chi connectivity index (χ1n) is 17.6. The van der Waals surface area contributed by atoms with Gasteiger partial charge in [-0.3, -0.25) is 4.79 Å². The van der Waals surface area contributed by atoms with Crippen molar-refractivity contribution in [3.63, 3.8) is 0 Å². The Morgan fingerprint density at radius 2 is 1.41 bits per heavy atom. The number of halogens is 5. The predicted octanol–water partition coefficient (Wildman–Crippen LogP) is 11.1. The minimum atomic E-state index is -5.44. The molecule has 254 valence electrons. The smallest absolute Gasteiger partial charge is 0.390 e. The Hall–Kier alpha value is -0.630. The highest BCUT2D eigenvalue weighted by atomic mass is 32.2. The molecular weight excluding hydrogens is 591 g/mol. The van der Waals surface area contributed by atoms with E-state index in [1.807, 2.05) is 6.08 Å². The summed E-state index contributed by atoms with van der Waals surface area (Å²) >= 11 is 1.48. The number of hydrogen-bond acceptors (Lipinski definition) is 3. The Kier molecular flexibility index (Phi) is 12.1. The lowest BCUT2D eigenvalue weighted by molar-refractivity contribution is -0.284. The highest BCUT2D eigenvalue weighted by molar-refractivity contribution is 7.99. The molecule has 2 nitrogen and oxygen atoms in total. The monoisotopic (exact) mass is 648 g/mol. The number of hydrogen-bond donors (Lipinski definition) is 1. The van der Waals surface area contributed by atoms with Gasteiger partial charge >= 0.3 is 12.1 Å². The minimum Gasteiger partial charge on any atom is -0.390 e. The van der Waals surface area contributed by atoms with Crippen molar-refractivity contribution in [2.75, 3.05) is 11.5 Å². The summed E-state index contributed by atoms with van der Waals surface area (Å²) in [6.07, 6.45) is 14.2. The van der Waals surface area contributed by atoms with E-state index in [0.29, 0.717) is 41.6 Å². The number of fused-ring (bicyclic) bond motifs is 5. The summed E-state index contributed by atoms with van der Waals surface area (Å²) in [7, 11) is 0. The van der Waals surface area contributed by atoms with Crippen LogP contribution in [0.3, 0.4) is 0 Å². The van der Waals surface area contributed by atoms with Gasteiger partial charge in [0.2, 0.25) is 0 Å². The molecular formula is C36H57F5O2S. The standard InChI is InChI=1S/C36H57F5O2S/c1-32-19-15-28(42)25-27(32)24-26(31-29(32)16-20-33(2)30(31)17-21-34(33,3)43)14-11-9-7-5-4-6-8-10-12-22-44-23-13-18-35(37,38)36(39,40)41/h25-26,29-31,43H,4-24H2,1-3H3/t26?,29-,30+,31-,32+,33+,34?/m1/s1. The van der Waals surface area contributed by atoms with E-state index in [1.165, 1.54) is 68.7 Å². The number of unbranched alkanes of at least 4 members (excludes halogenated alkanes) is 8. The number of alkyl halides is 5. The van der Waals surface area contributed by atoms with Crippen LogP contribution in [-0.4, -0.2) is 40.1 Å². The Morgan fingerprint density at radius 1 is 0.818 bits per heavy atom. The second kappa shape index (κ2) is 14.6. The normalized spacial score (nSPS) is 35.7. The summed E-state index contributed by atoms with van der Waals surface area (Å²) in [6.45, 7) is 6.89. The maximum atomic E-state index is 12.9. The van der Waals surface area contributed by atoms with Crippen molar-refractivity contribution < 1.29 is 31.9 Å². The zero-order valence-corrected chi connectivity index (χ0v) is 28.2. The van der Waals surface area contributed by atoms with Crippen LogP contribution < -0.4 is 0 Å². The summed E-state index contributed by atoms with van der Waals surface area (Å²) < 4.78 is 62.4. The predicted molar refractivity (Wildman–Crippen MR) is 170 cm³/mol. The average Bonchev–Trinajstić information content (AvgIpc) is 3.19. The van der Waals surface area contributed by atoms with Gasteiger partial charge in [-0.1, -0.05) is 70.8 Å². The van der Waals surface area contributed by atoms with Gasteiger partial charge in [0.05, 0.1) is 5.60 Å². The van der Waals surface area contributed by atoms with E-state index >= 15 is 0 Å². The van der Waals surface area contributed by atoms with Crippen molar-refractivity contribution in [3.05, 3.63) is 11.6 Å². The van der Waals surface area contributed by atoms with Gasteiger partial charge in [0.1, 0.15) is 0 Å². The molecule has 4 rings (SSSR count).